The SMILES string of the molecule is CCCc1nc(NC)cc(N(C)CC2CC2)n1. The van der Waals surface area contributed by atoms with Gasteiger partial charge in [-0.05, 0) is 25.2 Å². The third kappa shape index (κ3) is 3.32. The zero-order valence-electron chi connectivity index (χ0n) is 11.0. The number of hydrogen-bond acceptors (Lipinski definition) is 4. The van der Waals surface area contributed by atoms with Crippen molar-refractivity contribution in [2.24, 2.45) is 5.92 Å². The Balaban J connectivity index is 2.14. The molecule has 1 aliphatic carbocycles. The van der Waals surface area contributed by atoms with Crippen LogP contribution in [0, 0.1) is 5.92 Å². The number of nitrogens with zero attached hydrogens (tertiary/aromatic N) is 3. The van der Waals surface area contributed by atoms with Gasteiger partial charge in [-0.1, -0.05) is 6.92 Å². The van der Waals surface area contributed by atoms with Gasteiger partial charge in [-0.3, -0.25) is 0 Å². The lowest BCUT2D eigenvalue weighted by Gasteiger charge is -2.19. The summed E-state index contributed by atoms with van der Waals surface area (Å²) >= 11 is 0. The largest absolute Gasteiger partial charge is 0.373 e. The second kappa shape index (κ2) is 5.34. The second-order valence-electron chi connectivity index (χ2n) is 4.85. The van der Waals surface area contributed by atoms with Gasteiger partial charge in [0.1, 0.15) is 17.5 Å². The molecule has 0 aromatic carbocycles. The molecule has 4 nitrogen and oxygen atoms in total. The highest BCUT2D eigenvalue weighted by molar-refractivity contribution is 5.48. The van der Waals surface area contributed by atoms with E-state index in [1.807, 2.05) is 13.1 Å². The highest BCUT2D eigenvalue weighted by Gasteiger charge is 2.23. The predicted octanol–water partition coefficient (Wildman–Crippen LogP) is 2.32. The number of rotatable bonds is 6. The molecule has 0 unspecified atom stereocenters. The zero-order chi connectivity index (χ0) is 12.3. The molecule has 4 heteroatoms. The lowest BCUT2D eigenvalue weighted by atomic mass is 10.3. The van der Waals surface area contributed by atoms with Crippen molar-refractivity contribution in [3.8, 4) is 0 Å². The molecule has 1 saturated carbocycles. The summed E-state index contributed by atoms with van der Waals surface area (Å²) in [6, 6.07) is 2.03. The third-order valence-corrected chi connectivity index (χ3v) is 3.11. The molecule has 0 aliphatic heterocycles. The predicted molar refractivity (Wildman–Crippen MR) is 71.6 cm³/mol. The fourth-order valence-electron chi connectivity index (χ4n) is 1.92. The molecule has 0 saturated heterocycles. The lowest BCUT2D eigenvalue weighted by Crippen LogP contribution is -2.22. The van der Waals surface area contributed by atoms with Crippen molar-refractivity contribution in [3.63, 3.8) is 0 Å². The summed E-state index contributed by atoms with van der Waals surface area (Å²) in [6.07, 6.45) is 4.77. The molecule has 0 amide bonds. The van der Waals surface area contributed by atoms with E-state index in [2.05, 4.69) is 34.2 Å². The zero-order valence-corrected chi connectivity index (χ0v) is 11.0. The number of aromatic nitrogens is 2. The number of anilines is 2. The minimum atomic E-state index is 0.877. The van der Waals surface area contributed by atoms with Gasteiger partial charge in [0, 0.05) is 33.1 Å². The van der Waals surface area contributed by atoms with Crippen molar-refractivity contribution in [1.29, 1.82) is 0 Å². The molecule has 17 heavy (non-hydrogen) atoms. The van der Waals surface area contributed by atoms with Crippen LogP contribution in [0.15, 0.2) is 6.07 Å². The van der Waals surface area contributed by atoms with Crippen molar-refractivity contribution >= 4 is 11.6 Å². The highest BCUT2D eigenvalue weighted by atomic mass is 15.2. The molecule has 0 bridgehead atoms. The summed E-state index contributed by atoms with van der Waals surface area (Å²) in [6.45, 7) is 3.27. The van der Waals surface area contributed by atoms with Crippen LogP contribution in [-0.4, -0.2) is 30.6 Å². The first-order chi connectivity index (χ1) is 8.22. The molecule has 1 N–H and O–H groups in total. The standard InChI is InChI=1S/C13H22N4/c1-4-5-11-15-12(14-2)8-13(16-11)17(3)9-10-6-7-10/h8,10H,4-7,9H2,1-3H3,(H,14,15,16). The maximum Gasteiger partial charge on any atom is 0.134 e. The Morgan fingerprint density at radius 1 is 1.41 bits per heavy atom. The van der Waals surface area contributed by atoms with E-state index in [4.69, 9.17) is 0 Å². The average Bonchev–Trinajstić information content (AvgIpc) is 3.13. The van der Waals surface area contributed by atoms with Crippen LogP contribution in [0.5, 0.6) is 0 Å². The first-order valence-electron chi connectivity index (χ1n) is 6.49. The van der Waals surface area contributed by atoms with E-state index in [9.17, 15) is 0 Å². The van der Waals surface area contributed by atoms with E-state index in [-0.39, 0.29) is 0 Å². The van der Waals surface area contributed by atoms with Gasteiger partial charge in [-0.2, -0.15) is 0 Å². The molecular weight excluding hydrogens is 212 g/mol. The molecule has 1 aliphatic rings. The fourth-order valence-corrected chi connectivity index (χ4v) is 1.92. The Bertz CT molecular complexity index is 374. The first kappa shape index (κ1) is 12.1. The monoisotopic (exact) mass is 234 g/mol. The van der Waals surface area contributed by atoms with Gasteiger partial charge in [-0.15, -0.1) is 0 Å². The molecule has 1 aromatic heterocycles. The minimum absolute atomic E-state index is 0.877. The number of nitrogens with one attached hydrogen (secondary N) is 1. The van der Waals surface area contributed by atoms with Crippen LogP contribution in [0.1, 0.15) is 32.0 Å². The van der Waals surface area contributed by atoms with Crippen molar-refractivity contribution in [2.45, 2.75) is 32.6 Å². The molecule has 94 valence electrons. The Morgan fingerprint density at radius 2 is 2.18 bits per heavy atom. The molecule has 1 fully saturated rings. The molecule has 2 rings (SSSR count). The summed E-state index contributed by atoms with van der Waals surface area (Å²) < 4.78 is 0. The second-order valence-corrected chi connectivity index (χ2v) is 4.85. The normalized spacial score (nSPS) is 14.8. The maximum absolute atomic E-state index is 4.63. The van der Waals surface area contributed by atoms with Crippen molar-refractivity contribution in [2.75, 3.05) is 30.9 Å². The van der Waals surface area contributed by atoms with E-state index in [1.54, 1.807) is 0 Å². The van der Waals surface area contributed by atoms with E-state index >= 15 is 0 Å². The van der Waals surface area contributed by atoms with Gasteiger partial charge in [0.25, 0.3) is 0 Å². The molecule has 0 atom stereocenters. The van der Waals surface area contributed by atoms with Gasteiger partial charge >= 0.3 is 0 Å². The Labute approximate surface area is 103 Å². The molecule has 0 radical (unpaired) electrons. The molecular formula is C13H22N4. The fraction of sp³-hybridized carbons (Fsp3) is 0.692. The quantitative estimate of drug-likeness (QED) is 0.820. The summed E-state index contributed by atoms with van der Waals surface area (Å²) in [4.78, 5) is 11.3. The smallest absolute Gasteiger partial charge is 0.134 e. The molecule has 1 aromatic rings. The van der Waals surface area contributed by atoms with Gasteiger partial charge in [0.05, 0.1) is 0 Å². The van der Waals surface area contributed by atoms with Crippen molar-refractivity contribution in [3.05, 3.63) is 11.9 Å². The highest BCUT2D eigenvalue weighted by Crippen LogP contribution is 2.30. The summed E-state index contributed by atoms with van der Waals surface area (Å²) in [5.74, 6) is 3.78. The number of hydrogen-bond donors (Lipinski definition) is 1. The first-order valence-corrected chi connectivity index (χ1v) is 6.49. The van der Waals surface area contributed by atoms with Gasteiger partial charge in [-0.25, -0.2) is 9.97 Å². The molecule has 1 heterocycles. The van der Waals surface area contributed by atoms with Crippen LogP contribution in [0.2, 0.25) is 0 Å². The maximum atomic E-state index is 4.63. The molecule has 0 spiro atoms. The summed E-state index contributed by atoms with van der Waals surface area (Å²) in [7, 11) is 4.03. The van der Waals surface area contributed by atoms with E-state index in [1.165, 1.54) is 12.8 Å². The average molecular weight is 234 g/mol. The Kier molecular flexibility index (Phi) is 3.82. The van der Waals surface area contributed by atoms with E-state index in [0.29, 0.717) is 0 Å². The van der Waals surface area contributed by atoms with E-state index < -0.39 is 0 Å². The van der Waals surface area contributed by atoms with Crippen molar-refractivity contribution < 1.29 is 0 Å². The van der Waals surface area contributed by atoms with Crippen LogP contribution in [0.4, 0.5) is 11.6 Å². The van der Waals surface area contributed by atoms with Crippen LogP contribution in [0.25, 0.3) is 0 Å². The van der Waals surface area contributed by atoms with Crippen LogP contribution >= 0.6 is 0 Å². The number of aryl methyl sites for hydroxylation is 1. The van der Waals surface area contributed by atoms with Crippen molar-refractivity contribution in [1.82, 2.24) is 9.97 Å². The summed E-state index contributed by atoms with van der Waals surface area (Å²) in [5, 5.41) is 3.11. The van der Waals surface area contributed by atoms with E-state index in [0.717, 1.165) is 42.8 Å². The van der Waals surface area contributed by atoms with Crippen LogP contribution in [-0.2, 0) is 6.42 Å². The third-order valence-electron chi connectivity index (χ3n) is 3.11. The van der Waals surface area contributed by atoms with Crippen LogP contribution < -0.4 is 10.2 Å². The lowest BCUT2D eigenvalue weighted by molar-refractivity contribution is 0.762. The van der Waals surface area contributed by atoms with Gasteiger partial charge in [0.15, 0.2) is 0 Å². The minimum Gasteiger partial charge on any atom is -0.373 e. The summed E-state index contributed by atoms with van der Waals surface area (Å²) in [5.41, 5.74) is 0. The Hall–Kier alpha value is -1.32. The van der Waals surface area contributed by atoms with Gasteiger partial charge < -0.3 is 10.2 Å². The Morgan fingerprint density at radius 3 is 2.76 bits per heavy atom. The van der Waals surface area contributed by atoms with Crippen LogP contribution in [0.3, 0.4) is 0 Å². The topological polar surface area (TPSA) is 41.1 Å². The van der Waals surface area contributed by atoms with Gasteiger partial charge in [0.2, 0.25) is 0 Å².